The lowest BCUT2D eigenvalue weighted by Gasteiger charge is -2.19. The summed E-state index contributed by atoms with van der Waals surface area (Å²) in [4.78, 5) is 0. The molecule has 0 saturated heterocycles. The molecule has 0 spiro atoms. The van der Waals surface area contributed by atoms with Gasteiger partial charge in [0.15, 0.2) is 0 Å². The van der Waals surface area contributed by atoms with Crippen molar-refractivity contribution in [3.8, 4) is 6.07 Å². The molecule has 0 aliphatic carbocycles. The summed E-state index contributed by atoms with van der Waals surface area (Å²) in [6, 6.07) is 8.93. The Kier molecular flexibility index (Phi) is 4.27. The molecular weight excluding hydrogens is 236 g/mol. The van der Waals surface area contributed by atoms with Crippen molar-refractivity contribution in [3.05, 3.63) is 35.4 Å². The van der Waals surface area contributed by atoms with Crippen molar-refractivity contribution in [1.29, 1.82) is 5.26 Å². The SMILES string of the molecule is CC(C)S(=O)(=O)N(C)Cc1ccc(C#N)cc1. The van der Waals surface area contributed by atoms with Crippen molar-refractivity contribution in [2.75, 3.05) is 7.05 Å². The van der Waals surface area contributed by atoms with Crippen LogP contribution in [0.3, 0.4) is 0 Å². The Bertz CT molecular complexity index is 512. The third kappa shape index (κ3) is 3.29. The summed E-state index contributed by atoms with van der Waals surface area (Å²) in [5.41, 5.74) is 1.44. The van der Waals surface area contributed by atoms with Gasteiger partial charge in [-0.05, 0) is 31.5 Å². The Morgan fingerprint density at radius 3 is 2.24 bits per heavy atom. The minimum atomic E-state index is -3.22. The molecule has 0 unspecified atom stereocenters. The zero-order valence-electron chi connectivity index (χ0n) is 10.2. The van der Waals surface area contributed by atoms with Gasteiger partial charge in [0.05, 0.1) is 16.9 Å². The second kappa shape index (κ2) is 5.30. The van der Waals surface area contributed by atoms with Crippen LogP contribution in [-0.4, -0.2) is 25.0 Å². The number of benzene rings is 1. The van der Waals surface area contributed by atoms with Crippen LogP contribution in [0, 0.1) is 11.3 Å². The summed E-state index contributed by atoms with van der Waals surface area (Å²) in [6.07, 6.45) is 0. The first kappa shape index (κ1) is 13.7. The summed E-state index contributed by atoms with van der Waals surface area (Å²) < 4.78 is 25.0. The summed E-state index contributed by atoms with van der Waals surface area (Å²) in [6.45, 7) is 3.64. The Hall–Kier alpha value is -1.38. The van der Waals surface area contributed by atoms with Gasteiger partial charge >= 0.3 is 0 Å². The Morgan fingerprint density at radius 1 is 1.29 bits per heavy atom. The average molecular weight is 252 g/mol. The number of hydrogen-bond donors (Lipinski definition) is 0. The van der Waals surface area contributed by atoms with E-state index >= 15 is 0 Å². The van der Waals surface area contributed by atoms with Crippen LogP contribution in [0.4, 0.5) is 0 Å². The molecule has 0 heterocycles. The molecule has 0 fully saturated rings. The number of hydrogen-bond acceptors (Lipinski definition) is 3. The standard InChI is InChI=1S/C12H16N2O2S/c1-10(2)17(15,16)14(3)9-12-6-4-11(8-13)5-7-12/h4-7,10H,9H2,1-3H3. The maximum atomic E-state index is 11.8. The van der Waals surface area contributed by atoms with Crippen LogP contribution in [-0.2, 0) is 16.6 Å². The van der Waals surface area contributed by atoms with Crippen molar-refractivity contribution in [1.82, 2.24) is 4.31 Å². The van der Waals surface area contributed by atoms with Gasteiger partial charge in [-0.15, -0.1) is 0 Å². The third-order valence-electron chi connectivity index (χ3n) is 2.52. The Labute approximate surface area is 103 Å². The normalized spacial score (nSPS) is 11.8. The van der Waals surface area contributed by atoms with E-state index in [0.717, 1.165) is 5.56 Å². The molecule has 4 nitrogen and oxygen atoms in total. The van der Waals surface area contributed by atoms with Gasteiger partial charge in [0, 0.05) is 13.6 Å². The minimum Gasteiger partial charge on any atom is -0.212 e. The number of sulfonamides is 1. The summed E-state index contributed by atoms with van der Waals surface area (Å²) >= 11 is 0. The monoisotopic (exact) mass is 252 g/mol. The van der Waals surface area contributed by atoms with Crippen molar-refractivity contribution >= 4 is 10.0 Å². The zero-order chi connectivity index (χ0) is 13.1. The molecule has 0 aromatic heterocycles. The van der Waals surface area contributed by atoms with E-state index in [1.54, 1.807) is 45.2 Å². The molecule has 5 heteroatoms. The van der Waals surface area contributed by atoms with Gasteiger partial charge in [0.25, 0.3) is 0 Å². The first-order valence-electron chi connectivity index (χ1n) is 5.32. The molecule has 92 valence electrons. The predicted molar refractivity (Wildman–Crippen MR) is 66.7 cm³/mol. The molecule has 0 atom stereocenters. The highest BCUT2D eigenvalue weighted by atomic mass is 32.2. The van der Waals surface area contributed by atoms with Crippen LogP contribution >= 0.6 is 0 Å². The van der Waals surface area contributed by atoms with E-state index in [1.165, 1.54) is 4.31 Å². The Balaban J connectivity index is 2.82. The quantitative estimate of drug-likeness (QED) is 0.819. The molecule has 0 bridgehead atoms. The summed E-state index contributed by atoms with van der Waals surface area (Å²) in [5.74, 6) is 0. The molecule has 0 N–H and O–H groups in total. The van der Waals surface area contributed by atoms with E-state index in [0.29, 0.717) is 12.1 Å². The van der Waals surface area contributed by atoms with E-state index in [2.05, 4.69) is 0 Å². The van der Waals surface area contributed by atoms with E-state index in [9.17, 15) is 8.42 Å². The van der Waals surface area contributed by atoms with Crippen LogP contribution in [0.25, 0.3) is 0 Å². The topological polar surface area (TPSA) is 61.2 Å². The average Bonchev–Trinajstić information content (AvgIpc) is 2.29. The maximum Gasteiger partial charge on any atom is 0.216 e. The highest BCUT2D eigenvalue weighted by molar-refractivity contribution is 7.89. The van der Waals surface area contributed by atoms with Crippen LogP contribution in [0.2, 0.25) is 0 Å². The molecule has 0 aliphatic rings. The molecule has 0 amide bonds. The number of rotatable bonds is 4. The van der Waals surface area contributed by atoms with Crippen molar-refractivity contribution in [3.63, 3.8) is 0 Å². The van der Waals surface area contributed by atoms with Crippen molar-refractivity contribution in [2.45, 2.75) is 25.6 Å². The second-order valence-electron chi connectivity index (χ2n) is 4.16. The molecule has 0 saturated carbocycles. The molecule has 0 radical (unpaired) electrons. The molecule has 17 heavy (non-hydrogen) atoms. The first-order valence-corrected chi connectivity index (χ1v) is 6.82. The van der Waals surface area contributed by atoms with Gasteiger partial charge in [-0.3, -0.25) is 0 Å². The zero-order valence-corrected chi connectivity index (χ0v) is 11.0. The van der Waals surface area contributed by atoms with Gasteiger partial charge in [-0.25, -0.2) is 12.7 Å². The van der Waals surface area contributed by atoms with Gasteiger partial charge in [-0.1, -0.05) is 12.1 Å². The first-order chi connectivity index (χ1) is 7.87. The lowest BCUT2D eigenvalue weighted by molar-refractivity contribution is 0.459. The molecule has 0 aliphatic heterocycles. The highest BCUT2D eigenvalue weighted by Gasteiger charge is 2.21. The third-order valence-corrected chi connectivity index (χ3v) is 4.71. The fraction of sp³-hybridized carbons (Fsp3) is 0.417. The predicted octanol–water partition coefficient (Wildman–Crippen LogP) is 1.73. The highest BCUT2D eigenvalue weighted by Crippen LogP contribution is 2.12. The van der Waals surface area contributed by atoms with Crippen LogP contribution < -0.4 is 0 Å². The molecular formula is C12H16N2O2S. The van der Waals surface area contributed by atoms with Gasteiger partial charge in [0.1, 0.15) is 0 Å². The molecule has 1 rings (SSSR count). The number of nitrogens with zero attached hydrogens (tertiary/aromatic N) is 2. The molecule has 1 aromatic carbocycles. The van der Waals surface area contributed by atoms with Gasteiger partial charge in [0.2, 0.25) is 10.0 Å². The van der Waals surface area contributed by atoms with E-state index in [-0.39, 0.29) is 0 Å². The van der Waals surface area contributed by atoms with Gasteiger partial charge < -0.3 is 0 Å². The summed E-state index contributed by atoms with van der Waals surface area (Å²) in [5, 5.41) is 8.23. The largest absolute Gasteiger partial charge is 0.216 e. The minimum absolute atomic E-state index is 0.326. The number of nitriles is 1. The van der Waals surface area contributed by atoms with Crippen molar-refractivity contribution < 1.29 is 8.42 Å². The van der Waals surface area contributed by atoms with Crippen LogP contribution in [0.5, 0.6) is 0 Å². The fourth-order valence-electron chi connectivity index (χ4n) is 1.39. The molecule has 1 aromatic rings. The fourth-order valence-corrected chi connectivity index (χ4v) is 2.44. The lowest BCUT2D eigenvalue weighted by atomic mass is 10.1. The van der Waals surface area contributed by atoms with E-state index in [1.807, 2.05) is 6.07 Å². The lowest BCUT2D eigenvalue weighted by Crippen LogP contribution is -2.32. The van der Waals surface area contributed by atoms with E-state index < -0.39 is 15.3 Å². The van der Waals surface area contributed by atoms with Crippen molar-refractivity contribution in [2.24, 2.45) is 0 Å². The maximum absolute atomic E-state index is 11.8. The van der Waals surface area contributed by atoms with Crippen LogP contribution in [0.15, 0.2) is 24.3 Å². The van der Waals surface area contributed by atoms with E-state index in [4.69, 9.17) is 5.26 Å². The summed E-state index contributed by atoms with van der Waals surface area (Å²) in [7, 11) is -1.66. The Morgan fingerprint density at radius 2 is 1.82 bits per heavy atom. The smallest absolute Gasteiger partial charge is 0.212 e. The second-order valence-corrected chi connectivity index (χ2v) is 6.75. The van der Waals surface area contributed by atoms with Crippen LogP contribution in [0.1, 0.15) is 25.0 Å². The van der Waals surface area contributed by atoms with Gasteiger partial charge in [-0.2, -0.15) is 5.26 Å².